The summed E-state index contributed by atoms with van der Waals surface area (Å²) in [5.41, 5.74) is 6.02. The Kier molecular flexibility index (Phi) is 3.83. The summed E-state index contributed by atoms with van der Waals surface area (Å²) < 4.78 is 39.3. The smallest absolute Gasteiger partial charge is 0.242 e. The molecule has 0 aliphatic heterocycles. The van der Waals surface area contributed by atoms with E-state index in [1.165, 1.54) is 11.3 Å². The summed E-state index contributed by atoms with van der Waals surface area (Å²) in [4.78, 5) is 4.01. The number of anilines is 1. The van der Waals surface area contributed by atoms with Crippen molar-refractivity contribution in [2.24, 2.45) is 0 Å². The number of aryl methyl sites for hydroxylation is 1. The van der Waals surface area contributed by atoms with Gasteiger partial charge in [0.25, 0.3) is 0 Å². The van der Waals surface area contributed by atoms with E-state index in [-0.39, 0.29) is 17.1 Å². The Morgan fingerprint density at radius 1 is 1.47 bits per heavy atom. The van der Waals surface area contributed by atoms with Gasteiger partial charge in [-0.25, -0.2) is 22.5 Å². The lowest BCUT2D eigenvalue weighted by molar-refractivity contribution is 0.580. The molecule has 0 radical (unpaired) electrons. The van der Waals surface area contributed by atoms with E-state index < -0.39 is 15.8 Å². The molecule has 5 nitrogen and oxygen atoms in total. The van der Waals surface area contributed by atoms with Gasteiger partial charge in [-0.1, -0.05) is 0 Å². The molecule has 0 aliphatic carbocycles. The lowest BCUT2D eigenvalue weighted by atomic mass is 10.3. The maximum Gasteiger partial charge on any atom is 0.242 e. The van der Waals surface area contributed by atoms with E-state index in [2.05, 4.69) is 9.71 Å². The van der Waals surface area contributed by atoms with E-state index in [4.69, 9.17) is 5.73 Å². The molecule has 19 heavy (non-hydrogen) atoms. The maximum absolute atomic E-state index is 12.9. The number of aromatic nitrogens is 1. The zero-order valence-electron chi connectivity index (χ0n) is 10.1. The van der Waals surface area contributed by atoms with Crippen LogP contribution in [0.25, 0.3) is 0 Å². The summed E-state index contributed by atoms with van der Waals surface area (Å²) in [6, 6.07) is 3.17. The van der Waals surface area contributed by atoms with Crippen LogP contribution in [0.3, 0.4) is 0 Å². The van der Waals surface area contributed by atoms with Crippen molar-refractivity contribution in [3.05, 3.63) is 40.1 Å². The first-order chi connectivity index (χ1) is 8.88. The molecule has 1 heterocycles. The number of benzene rings is 1. The Bertz CT molecular complexity index is 698. The number of rotatable bonds is 4. The average molecular weight is 301 g/mol. The molecule has 2 aromatic rings. The van der Waals surface area contributed by atoms with E-state index >= 15 is 0 Å². The normalized spacial score (nSPS) is 11.7. The number of thiazole rings is 1. The van der Waals surface area contributed by atoms with Gasteiger partial charge in [0.05, 0.1) is 22.9 Å². The molecule has 1 aromatic carbocycles. The van der Waals surface area contributed by atoms with Gasteiger partial charge < -0.3 is 5.73 Å². The molecule has 1 aromatic heterocycles. The fourth-order valence-electron chi connectivity index (χ4n) is 1.50. The van der Waals surface area contributed by atoms with Crippen LogP contribution in [0.1, 0.15) is 10.7 Å². The number of hydrogen-bond acceptors (Lipinski definition) is 5. The fourth-order valence-corrected chi connectivity index (χ4v) is 3.22. The monoisotopic (exact) mass is 301 g/mol. The SMILES string of the molecule is Cc1nc(CNS(=O)(=O)c2ccc(F)cc2N)cs1. The molecule has 0 fully saturated rings. The van der Waals surface area contributed by atoms with Gasteiger partial charge in [0.2, 0.25) is 10.0 Å². The van der Waals surface area contributed by atoms with Crippen molar-refractivity contribution >= 4 is 27.0 Å². The van der Waals surface area contributed by atoms with Gasteiger partial charge in [0, 0.05) is 5.38 Å². The van der Waals surface area contributed by atoms with Crippen LogP contribution in [0.4, 0.5) is 10.1 Å². The zero-order chi connectivity index (χ0) is 14.0. The second-order valence-electron chi connectivity index (χ2n) is 3.86. The van der Waals surface area contributed by atoms with Crippen LogP contribution < -0.4 is 10.5 Å². The quantitative estimate of drug-likeness (QED) is 0.841. The summed E-state index contributed by atoms with van der Waals surface area (Å²) >= 11 is 1.44. The third-order valence-corrected chi connectivity index (χ3v) is 4.67. The van der Waals surface area contributed by atoms with E-state index in [0.29, 0.717) is 5.69 Å². The Labute approximate surface area is 114 Å². The minimum atomic E-state index is -3.77. The summed E-state index contributed by atoms with van der Waals surface area (Å²) in [6.07, 6.45) is 0. The predicted octanol–water partition coefficient (Wildman–Crippen LogP) is 1.65. The van der Waals surface area contributed by atoms with Crippen LogP contribution in [-0.2, 0) is 16.6 Å². The highest BCUT2D eigenvalue weighted by Gasteiger charge is 2.17. The Morgan fingerprint density at radius 2 is 2.21 bits per heavy atom. The lowest BCUT2D eigenvalue weighted by Crippen LogP contribution is -2.24. The van der Waals surface area contributed by atoms with Crippen molar-refractivity contribution < 1.29 is 12.8 Å². The minimum absolute atomic E-state index is 0.0729. The molecule has 102 valence electrons. The van der Waals surface area contributed by atoms with Gasteiger partial charge in [-0.05, 0) is 25.1 Å². The molecule has 8 heteroatoms. The highest BCUT2D eigenvalue weighted by atomic mass is 32.2. The van der Waals surface area contributed by atoms with Gasteiger partial charge in [-0.3, -0.25) is 0 Å². The van der Waals surface area contributed by atoms with Crippen molar-refractivity contribution in [2.45, 2.75) is 18.4 Å². The van der Waals surface area contributed by atoms with Crippen LogP contribution >= 0.6 is 11.3 Å². The highest BCUT2D eigenvalue weighted by Crippen LogP contribution is 2.19. The summed E-state index contributed by atoms with van der Waals surface area (Å²) in [6.45, 7) is 1.91. The number of hydrogen-bond donors (Lipinski definition) is 2. The van der Waals surface area contributed by atoms with Crippen molar-refractivity contribution in [3.8, 4) is 0 Å². The molecule has 0 saturated carbocycles. The molecule has 3 N–H and O–H groups in total. The standard InChI is InChI=1S/C11H12FN3O2S2/c1-7-15-9(6-18-7)5-14-19(16,17)11-3-2-8(12)4-10(11)13/h2-4,6,14H,5,13H2,1H3. The van der Waals surface area contributed by atoms with Crippen LogP contribution in [0.2, 0.25) is 0 Å². The Balaban J connectivity index is 2.18. The molecule has 0 bridgehead atoms. The molecule has 2 rings (SSSR count). The van der Waals surface area contributed by atoms with Gasteiger partial charge in [0.15, 0.2) is 0 Å². The second kappa shape index (κ2) is 5.24. The molecule has 0 unspecified atom stereocenters. The first-order valence-electron chi connectivity index (χ1n) is 5.34. The number of halogens is 1. The van der Waals surface area contributed by atoms with Crippen LogP contribution in [0, 0.1) is 12.7 Å². The Morgan fingerprint density at radius 3 is 2.79 bits per heavy atom. The number of nitrogens with one attached hydrogen (secondary N) is 1. The molecular weight excluding hydrogens is 289 g/mol. The van der Waals surface area contributed by atoms with Gasteiger partial charge in [-0.2, -0.15) is 0 Å². The Hall–Kier alpha value is -1.51. The van der Waals surface area contributed by atoms with Crippen LogP contribution in [-0.4, -0.2) is 13.4 Å². The fraction of sp³-hybridized carbons (Fsp3) is 0.182. The number of nitrogen functional groups attached to an aromatic ring is 1. The van der Waals surface area contributed by atoms with Gasteiger partial charge in [-0.15, -0.1) is 11.3 Å². The predicted molar refractivity (Wildman–Crippen MR) is 71.7 cm³/mol. The van der Waals surface area contributed by atoms with E-state index in [9.17, 15) is 12.8 Å². The highest BCUT2D eigenvalue weighted by molar-refractivity contribution is 7.89. The summed E-state index contributed by atoms with van der Waals surface area (Å²) in [5, 5.41) is 2.63. The molecule has 0 atom stereocenters. The second-order valence-corrected chi connectivity index (χ2v) is 6.66. The first kappa shape index (κ1) is 13.9. The van der Waals surface area contributed by atoms with Crippen molar-refractivity contribution in [1.82, 2.24) is 9.71 Å². The summed E-state index contributed by atoms with van der Waals surface area (Å²) in [7, 11) is -3.77. The van der Waals surface area contributed by atoms with Crippen LogP contribution in [0.15, 0.2) is 28.5 Å². The topological polar surface area (TPSA) is 85.1 Å². The molecule has 0 aliphatic rings. The minimum Gasteiger partial charge on any atom is -0.398 e. The number of nitrogens with two attached hydrogens (primary N) is 1. The summed E-state index contributed by atoms with van der Waals surface area (Å²) in [5.74, 6) is -0.577. The number of sulfonamides is 1. The largest absolute Gasteiger partial charge is 0.398 e. The third-order valence-electron chi connectivity index (χ3n) is 2.37. The molecular formula is C11H12FN3O2S2. The van der Waals surface area contributed by atoms with Gasteiger partial charge in [0.1, 0.15) is 10.7 Å². The van der Waals surface area contributed by atoms with Crippen LogP contribution in [0.5, 0.6) is 0 Å². The van der Waals surface area contributed by atoms with Gasteiger partial charge >= 0.3 is 0 Å². The van der Waals surface area contributed by atoms with Crippen molar-refractivity contribution in [3.63, 3.8) is 0 Å². The zero-order valence-corrected chi connectivity index (χ0v) is 11.7. The van der Waals surface area contributed by atoms with E-state index in [0.717, 1.165) is 23.2 Å². The molecule has 0 saturated heterocycles. The lowest BCUT2D eigenvalue weighted by Gasteiger charge is -2.08. The molecule has 0 spiro atoms. The first-order valence-corrected chi connectivity index (χ1v) is 7.70. The third kappa shape index (κ3) is 3.28. The maximum atomic E-state index is 12.9. The van der Waals surface area contributed by atoms with E-state index in [1.54, 1.807) is 5.38 Å². The van der Waals surface area contributed by atoms with Crippen molar-refractivity contribution in [2.75, 3.05) is 5.73 Å². The van der Waals surface area contributed by atoms with E-state index in [1.807, 2.05) is 6.92 Å². The molecule has 0 amide bonds. The average Bonchev–Trinajstić information content (AvgIpc) is 2.72. The number of nitrogens with zero attached hydrogens (tertiary/aromatic N) is 1. The van der Waals surface area contributed by atoms with Crippen molar-refractivity contribution in [1.29, 1.82) is 0 Å².